The summed E-state index contributed by atoms with van der Waals surface area (Å²) in [4.78, 5) is 9.04. The summed E-state index contributed by atoms with van der Waals surface area (Å²) in [5.74, 6) is 0.891. The summed E-state index contributed by atoms with van der Waals surface area (Å²) in [6.45, 7) is 1.21. The summed E-state index contributed by atoms with van der Waals surface area (Å²) < 4.78 is 0. The highest BCUT2D eigenvalue weighted by atomic mass is 15.1. The lowest BCUT2D eigenvalue weighted by molar-refractivity contribution is 0.0740. The molecule has 3 nitrogen and oxygen atoms in total. The normalized spacial score (nSPS) is 27.1. The Bertz CT molecular complexity index is 397. The highest BCUT2D eigenvalue weighted by Crippen LogP contribution is 2.43. The molecule has 1 aromatic heterocycles. The second-order valence-electron chi connectivity index (χ2n) is 6.70. The number of hydrogen-bond acceptors (Lipinski definition) is 3. The molecule has 0 spiro atoms. The van der Waals surface area contributed by atoms with Gasteiger partial charge in [0.15, 0.2) is 7.98 Å². The molecule has 0 radical (unpaired) electrons. The van der Waals surface area contributed by atoms with E-state index in [4.69, 9.17) is 0 Å². The first-order chi connectivity index (χ1) is 9.54. The van der Waals surface area contributed by atoms with Crippen molar-refractivity contribution in [3.05, 3.63) is 30.1 Å². The molecule has 4 heteroatoms. The van der Waals surface area contributed by atoms with Crippen LogP contribution in [0.3, 0.4) is 0 Å². The summed E-state index contributed by atoms with van der Waals surface area (Å²) in [5.41, 5.74) is 1.58. The van der Waals surface area contributed by atoms with Crippen molar-refractivity contribution in [1.82, 2.24) is 14.7 Å². The van der Waals surface area contributed by atoms with E-state index in [2.05, 4.69) is 62.1 Å². The van der Waals surface area contributed by atoms with E-state index in [1.165, 1.54) is 44.2 Å². The van der Waals surface area contributed by atoms with Crippen LogP contribution in [0.5, 0.6) is 0 Å². The van der Waals surface area contributed by atoms with Gasteiger partial charge in [0.1, 0.15) is 0 Å². The van der Waals surface area contributed by atoms with Crippen molar-refractivity contribution in [3.8, 4) is 0 Å². The first-order valence-electron chi connectivity index (χ1n) is 7.77. The standard InChI is InChI=1S/C16H28BN3/c1-19(2)16(15-5-4-11-18-13-15)9-6-14(7-10-16)8-12-20(3)17/h4-5,11,13-14H,6-10,12,17H2,1-3H3. The molecule has 0 aliphatic heterocycles. The van der Waals surface area contributed by atoms with Crippen molar-refractivity contribution < 1.29 is 0 Å². The first-order valence-corrected chi connectivity index (χ1v) is 7.77. The summed E-state index contributed by atoms with van der Waals surface area (Å²) >= 11 is 0. The van der Waals surface area contributed by atoms with Crippen LogP contribution >= 0.6 is 0 Å². The predicted octanol–water partition coefficient (Wildman–Crippen LogP) is 1.90. The molecule has 1 saturated carbocycles. The molecule has 1 heterocycles. The highest BCUT2D eigenvalue weighted by Gasteiger charge is 2.38. The molecule has 1 aromatic rings. The van der Waals surface area contributed by atoms with Gasteiger partial charge < -0.3 is 4.81 Å². The fraction of sp³-hybridized carbons (Fsp3) is 0.688. The van der Waals surface area contributed by atoms with Crippen molar-refractivity contribution >= 4 is 7.98 Å². The largest absolute Gasteiger partial charge is 0.351 e. The molecule has 1 aliphatic rings. The minimum absolute atomic E-state index is 0.197. The number of aromatic nitrogens is 1. The second-order valence-corrected chi connectivity index (χ2v) is 6.70. The molecule has 0 unspecified atom stereocenters. The topological polar surface area (TPSA) is 19.4 Å². The lowest BCUT2D eigenvalue weighted by atomic mass is 9.71. The van der Waals surface area contributed by atoms with E-state index in [1.807, 2.05) is 6.20 Å². The fourth-order valence-corrected chi connectivity index (χ4v) is 3.52. The van der Waals surface area contributed by atoms with Gasteiger partial charge in [0.05, 0.1) is 0 Å². The van der Waals surface area contributed by atoms with Crippen LogP contribution in [0.2, 0.25) is 0 Å². The summed E-state index contributed by atoms with van der Waals surface area (Å²) in [6.07, 6.45) is 10.4. The third-order valence-corrected chi connectivity index (χ3v) is 4.97. The minimum atomic E-state index is 0.197. The Balaban J connectivity index is 2.04. The van der Waals surface area contributed by atoms with Crippen LogP contribution < -0.4 is 0 Å². The van der Waals surface area contributed by atoms with E-state index >= 15 is 0 Å². The van der Waals surface area contributed by atoms with Gasteiger partial charge in [0, 0.05) is 17.9 Å². The van der Waals surface area contributed by atoms with Gasteiger partial charge >= 0.3 is 0 Å². The molecule has 20 heavy (non-hydrogen) atoms. The Kier molecular flexibility index (Phi) is 5.22. The van der Waals surface area contributed by atoms with Crippen LogP contribution in [-0.2, 0) is 5.54 Å². The minimum Gasteiger partial charge on any atom is -0.351 e. The second kappa shape index (κ2) is 6.73. The summed E-state index contributed by atoms with van der Waals surface area (Å²) in [7, 11) is 8.77. The molecular formula is C16H28BN3. The number of nitrogens with zero attached hydrogens (tertiary/aromatic N) is 3. The van der Waals surface area contributed by atoms with Gasteiger partial charge in [-0.05, 0) is 77.3 Å². The van der Waals surface area contributed by atoms with E-state index in [9.17, 15) is 0 Å². The molecule has 2 rings (SSSR count). The lowest BCUT2D eigenvalue weighted by Gasteiger charge is -2.45. The van der Waals surface area contributed by atoms with Gasteiger partial charge in [-0.15, -0.1) is 0 Å². The molecule has 1 fully saturated rings. The Morgan fingerprint density at radius 3 is 2.50 bits per heavy atom. The van der Waals surface area contributed by atoms with Gasteiger partial charge in [-0.25, -0.2) is 0 Å². The molecule has 0 saturated heterocycles. The first kappa shape index (κ1) is 15.5. The van der Waals surface area contributed by atoms with Crippen LogP contribution in [0.15, 0.2) is 24.5 Å². The van der Waals surface area contributed by atoms with Gasteiger partial charge in [0.25, 0.3) is 0 Å². The number of pyridine rings is 1. The zero-order valence-corrected chi connectivity index (χ0v) is 13.5. The van der Waals surface area contributed by atoms with Crippen molar-refractivity contribution in [1.29, 1.82) is 0 Å². The Labute approximate surface area is 124 Å². The van der Waals surface area contributed by atoms with E-state index < -0.39 is 0 Å². The van der Waals surface area contributed by atoms with Crippen molar-refractivity contribution in [2.24, 2.45) is 5.92 Å². The van der Waals surface area contributed by atoms with Crippen molar-refractivity contribution in [2.45, 2.75) is 37.6 Å². The highest BCUT2D eigenvalue weighted by molar-refractivity contribution is 6.04. The molecule has 0 N–H and O–H groups in total. The molecule has 0 bridgehead atoms. The third-order valence-electron chi connectivity index (χ3n) is 4.97. The molecule has 110 valence electrons. The monoisotopic (exact) mass is 273 g/mol. The predicted molar refractivity (Wildman–Crippen MR) is 87.4 cm³/mol. The van der Waals surface area contributed by atoms with Gasteiger partial charge in [-0.1, -0.05) is 6.07 Å². The Morgan fingerprint density at radius 2 is 2.00 bits per heavy atom. The number of hydrogen-bond donors (Lipinski definition) is 0. The average molecular weight is 273 g/mol. The fourth-order valence-electron chi connectivity index (χ4n) is 3.52. The molecule has 1 aliphatic carbocycles. The van der Waals surface area contributed by atoms with Crippen LogP contribution in [-0.4, -0.2) is 50.4 Å². The average Bonchev–Trinajstić information content (AvgIpc) is 2.46. The lowest BCUT2D eigenvalue weighted by Crippen LogP contribution is -2.44. The van der Waals surface area contributed by atoms with E-state index in [0.29, 0.717) is 0 Å². The van der Waals surface area contributed by atoms with Gasteiger partial charge in [0.2, 0.25) is 0 Å². The molecule has 0 atom stereocenters. The molecular weight excluding hydrogens is 245 g/mol. The zero-order valence-electron chi connectivity index (χ0n) is 13.5. The Hall–Kier alpha value is -0.865. The van der Waals surface area contributed by atoms with E-state index in [1.54, 1.807) is 0 Å². The maximum absolute atomic E-state index is 4.33. The van der Waals surface area contributed by atoms with Crippen LogP contribution in [0.25, 0.3) is 0 Å². The third kappa shape index (κ3) is 3.42. The van der Waals surface area contributed by atoms with E-state index in [-0.39, 0.29) is 5.54 Å². The van der Waals surface area contributed by atoms with Crippen LogP contribution in [0.1, 0.15) is 37.7 Å². The quantitative estimate of drug-likeness (QED) is 0.764. The van der Waals surface area contributed by atoms with Crippen molar-refractivity contribution in [2.75, 3.05) is 27.7 Å². The summed E-state index contributed by atoms with van der Waals surface area (Å²) in [6, 6.07) is 4.31. The van der Waals surface area contributed by atoms with Crippen LogP contribution in [0, 0.1) is 5.92 Å². The summed E-state index contributed by atoms with van der Waals surface area (Å²) in [5, 5.41) is 0. The van der Waals surface area contributed by atoms with E-state index in [0.717, 1.165) is 5.92 Å². The Morgan fingerprint density at radius 1 is 1.30 bits per heavy atom. The SMILES string of the molecule is BN(C)CCC1CCC(c2cccnc2)(N(C)C)CC1. The zero-order chi connectivity index (χ0) is 14.6. The maximum atomic E-state index is 4.33. The van der Waals surface area contributed by atoms with Crippen LogP contribution in [0.4, 0.5) is 0 Å². The number of rotatable bonds is 5. The smallest absolute Gasteiger partial charge is 0.185 e. The molecule has 0 amide bonds. The van der Waals surface area contributed by atoms with Gasteiger partial charge in [-0.3, -0.25) is 9.88 Å². The molecule has 0 aromatic carbocycles. The van der Waals surface area contributed by atoms with Gasteiger partial charge in [-0.2, -0.15) is 0 Å². The van der Waals surface area contributed by atoms with Crippen molar-refractivity contribution in [3.63, 3.8) is 0 Å². The maximum Gasteiger partial charge on any atom is 0.185 e.